The summed E-state index contributed by atoms with van der Waals surface area (Å²) in [5.41, 5.74) is 2.26. The highest BCUT2D eigenvalue weighted by molar-refractivity contribution is 6.30. The van der Waals surface area contributed by atoms with Gasteiger partial charge in [-0.25, -0.2) is 0 Å². The lowest BCUT2D eigenvalue weighted by molar-refractivity contribution is 0.0923. The first-order chi connectivity index (χ1) is 12.5. The molecule has 1 aromatic carbocycles. The fourth-order valence-electron chi connectivity index (χ4n) is 2.77. The van der Waals surface area contributed by atoms with Gasteiger partial charge < -0.3 is 9.84 Å². The van der Waals surface area contributed by atoms with Crippen molar-refractivity contribution in [3.63, 3.8) is 0 Å². The fraction of sp³-hybridized carbons (Fsp3) is 0.333. The van der Waals surface area contributed by atoms with E-state index in [2.05, 4.69) is 20.6 Å². The molecule has 0 saturated heterocycles. The van der Waals surface area contributed by atoms with Gasteiger partial charge in [-0.1, -0.05) is 28.9 Å². The van der Waals surface area contributed by atoms with Gasteiger partial charge >= 0.3 is 0 Å². The molecule has 1 fully saturated rings. The number of carbonyl (C=O) groups is 1. The number of rotatable bonds is 5. The molecule has 1 unspecified atom stereocenters. The zero-order valence-electron chi connectivity index (χ0n) is 14.4. The molecule has 2 heterocycles. The molecule has 0 radical (unpaired) electrons. The Morgan fingerprint density at radius 3 is 2.92 bits per heavy atom. The van der Waals surface area contributed by atoms with Gasteiger partial charge in [0.2, 0.25) is 11.7 Å². The van der Waals surface area contributed by atoms with Crippen LogP contribution in [0.3, 0.4) is 0 Å². The first-order valence-electron chi connectivity index (χ1n) is 8.45. The lowest BCUT2D eigenvalue weighted by atomic mass is 10.2. The Labute approximate surface area is 155 Å². The van der Waals surface area contributed by atoms with E-state index in [0.717, 1.165) is 24.1 Å². The molecule has 1 atom stereocenters. The largest absolute Gasteiger partial charge is 0.339 e. The Kier molecular flexibility index (Phi) is 4.24. The third kappa shape index (κ3) is 3.35. The highest BCUT2D eigenvalue weighted by atomic mass is 35.5. The van der Waals surface area contributed by atoms with Crippen molar-refractivity contribution >= 4 is 17.5 Å². The van der Waals surface area contributed by atoms with Gasteiger partial charge in [0.25, 0.3) is 5.91 Å². The number of benzene rings is 1. The summed E-state index contributed by atoms with van der Waals surface area (Å²) < 4.78 is 6.91. The van der Waals surface area contributed by atoms with Crippen molar-refractivity contribution in [1.82, 2.24) is 25.2 Å². The molecule has 1 aliphatic rings. The third-order valence-electron chi connectivity index (χ3n) is 4.37. The third-order valence-corrected chi connectivity index (χ3v) is 4.60. The van der Waals surface area contributed by atoms with Crippen LogP contribution in [-0.2, 0) is 7.05 Å². The molecule has 134 valence electrons. The number of carbonyl (C=O) groups excluding carboxylic acids is 1. The van der Waals surface area contributed by atoms with Crippen LogP contribution >= 0.6 is 11.6 Å². The minimum Gasteiger partial charge on any atom is -0.339 e. The Morgan fingerprint density at radius 2 is 2.19 bits per heavy atom. The van der Waals surface area contributed by atoms with Crippen LogP contribution in [0.2, 0.25) is 5.02 Å². The maximum atomic E-state index is 12.5. The summed E-state index contributed by atoms with van der Waals surface area (Å²) in [4.78, 5) is 16.9. The van der Waals surface area contributed by atoms with E-state index in [4.69, 9.17) is 16.1 Å². The number of aromatic nitrogens is 4. The lowest BCUT2D eigenvalue weighted by Crippen LogP contribution is -2.28. The molecule has 0 bridgehead atoms. The summed E-state index contributed by atoms with van der Waals surface area (Å²) in [7, 11) is 1.77. The van der Waals surface area contributed by atoms with Gasteiger partial charge in [0.05, 0.1) is 5.69 Å². The number of nitrogens with one attached hydrogen (secondary N) is 1. The number of aryl methyl sites for hydroxylation is 1. The number of hydrogen-bond donors (Lipinski definition) is 1. The minimum atomic E-state index is -0.429. The summed E-state index contributed by atoms with van der Waals surface area (Å²) in [6.45, 7) is 1.80. The molecule has 26 heavy (non-hydrogen) atoms. The summed E-state index contributed by atoms with van der Waals surface area (Å²) in [5, 5.41) is 11.9. The molecular weight excluding hydrogens is 354 g/mol. The summed E-state index contributed by atoms with van der Waals surface area (Å²) in [6, 6.07) is 8.62. The Morgan fingerprint density at radius 1 is 1.38 bits per heavy atom. The van der Waals surface area contributed by atoms with Crippen LogP contribution in [0.5, 0.6) is 0 Å². The van der Waals surface area contributed by atoms with E-state index in [0.29, 0.717) is 28.3 Å². The van der Waals surface area contributed by atoms with Gasteiger partial charge in [-0.2, -0.15) is 10.1 Å². The zero-order chi connectivity index (χ0) is 18.3. The van der Waals surface area contributed by atoms with Crippen LogP contribution < -0.4 is 5.32 Å². The van der Waals surface area contributed by atoms with Crippen molar-refractivity contribution in [3.8, 4) is 11.4 Å². The average molecular weight is 372 g/mol. The molecule has 0 spiro atoms. The second-order valence-corrected chi connectivity index (χ2v) is 6.95. The molecule has 3 aromatic rings. The van der Waals surface area contributed by atoms with E-state index >= 15 is 0 Å². The molecule has 1 N–H and O–H groups in total. The van der Waals surface area contributed by atoms with Crippen molar-refractivity contribution < 1.29 is 9.32 Å². The molecule has 2 aromatic heterocycles. The molecule has 4 rings (SSSR count). The molecule has 1 aliphatic carbocycles. The van der Waals surface area contributed by atoms with E-state index in [1.54, 1.807) is 30.8 Å². The number of hydrogen-bond acceptors (Lipinski definition) is 5. The second kappa shape index (κ2) is 6.57. The van der Waals surface area contributed by atoms with E-state index in [1.807, 2.05) is 18.2 Å². The summed E-state index contributed by atoms with van der Waals surface area (Å²) in [6.07, 6.45) is 2.28. The summed E-state index contributed by atoms with van der Waals surface area (Å²) >= 11 is 5.99. The van der Waals surface area contributed by atoms with Crippen molar-refractivity contribution in [2.24, 2.45) is 7.05 Å². The van der Waals surface area contributed by atoms with Crippen molar-refractivity contribution in [2.45, 2.75) is 31.7 Å². The number of halogens is 1. The predicted octanol–water partition coefficient (Wildman–Crippen LogP) is 3.49. The first-order valence-corrected chi connectivity index (χ1v) is 8.83. The average Bonchev–Trinajstić information content (AvgIpc) is 3.20. The van der Waals surface area contributed by atoms with Crippen LogP contribution in [0, 0.1) is 0 Å². The Balaban J connectivity index is 1.48. The Hall–Kier alpha value is -2.67. The van der Waals surface area contributed by atoms with E-state index in [1.165, 1.54) is 0 Å². The number of amides is 1. The van der Waals surface area contributed by atoms with Gasteiger partial charge in [-0.15, -0.1) is 0 Å². The first kappa shape index (κ1) is 16.8. The van der Waals surface area contributed by atoms with E-state index < -0.39 is 6.04 Å². The fourth-order valence-corrected chi connectivity index (χ4v) is 2.96. The lowest BCUT2D eigenvalue weighted by Gasteiger charge is -2.09. The molecule has 7 nitrogen and oxygen atoms in total. The van der Waals surface area contributed by atoms with Crippen LogP contribution in [0.4, 0.5) is 0 Å². The van der Waals surface area contributed by atoms with Gasteiger partial charge in [0.15, 0.2) is 0 Å². The van der Waals surface area contributed by atoms with E-state index in [-0.39, 0.29) is 5.91 Å². The number of nitrogens with zero attached hydrogens (tertiary/aromatic N) is 4. The van der Waals surface area contributed by atoms with Gasteiger partial charge in [0, 0.05) is 23.6 Å². The normalized spacial score (nSPS) is 15.0. The van der Waals surface area contributed by atoms with Crippen LogP contribution in [0.1, 0.15) is 53.8 Å². The zero-order valence-corrected chi connectivity index (χ0v) is 15.2. The molecule has 1 amide bonds. The van der Waals surface area contributed by atoms with Crippen molar-refractivity contribution in [2.75, 3.05) is 0 Å². The molecule has 0 aliphatic heterocycles. The topological polar surface area (TPSA) is 85.8 Å². The summed E-state index contributed by atoms with van der Waals surface area (Å²) in [5.74, 6) is 1.04. The predicted molar refractivity (Wildman–Crippen MR) is 95.8 cm³/mol. The maximum absolute atomic E-state index is 12.5. The Bertz CT molecular complexity index is 960. The van der Waals surface area contributed by atoms with Gasteiger partial charge in [0.1, 0.15) is 11.7 Å². The molecule has 8 heteroatoms. The minimum absolute atomic E-state index is 0.220. The maximum Gasteiger partial charge on any atom is 0.270 e. The molecule has 1 saturated carbocycles. The second-order valence-electron chi connectivity index (χ2n) is 6.51. The van der Waals surface area contributed by atoms with Gasteiger partial charge in [-0.3, -0.25) is 9.48 Å². The van der Waals surface area contributed by atoms with Crippen LogP contribution in [0.15, 0.2) is 34.9 Å². The van der Waals surface area contributed by atoms with E-state index in [9.17, 15) is 4.79 Å². The highest BCUT2D eigenvalue weighted by Crippen LogP contribution is 2.39. The smallest absolute Gasteiger partial charge is 0.270 e. The highest BCUT2D eigenvalue weighted by Gasteiger charge is 2.28. The molecular formula is C18H18ClN5O2. The SMILES string of the molecule is CC(NC(=O)c1cc(C2CC2)nn1C)c1nc(-c2cccc(Cl)c2)no1. The van der Waals surface area contributed by atoms with Crippen LogP contribution in [0.25, 0.3) is 11.4 Å². The monoisotopic (exact) mass is 371 g/mol. The van der Waals surface area contributed by atoms with Crippen molar-refractivity contribution in [3.05, 3.63) is 52.6 Å². The standard InChI is InChI=1S/C18H18ClN5O2/c1-10(18-21-16(23-26-18)12-4-3-5-13(19)8-12)20-17(25)15-9-14(11-6-7-11)22-24(15)2/h3-5,8-11H,6-7H2,1-2H3,(H,20,25). The van der Waals surface area contributed by atoms with Crippen LogP contribution in [-0.4, -0.2) is 25.8 Å². The van der Waals surface area contributed by atoms with Crippen molar-refractivity contribution in [1.29, 1.82) is 0 Å². The van der Waals surface area contributed by atoms with Gasteiger partial charge in [-0.05, 0) is 38.0 Å². The quantitative estimate of drug-likeness (QED) is 0.741.